The van der Waals surface area contributed by atoms with Gasteiger partial charge in [-0.2, -0.15) is 5.10 Å². The van der Waals surface area contributed by atoms with Gasteiger partial charge in [0, 0.05) is 5.56 Å². The van der Waals surface area contributed by atoms with E-state index in [0.717, 1.165) is 0 Å². The molecule has 0 saturated carbocycles. The van der Waals surface area contributed by atoms with E-state index >= 15 is 0 Å². The Hall–Kier alpha value is -3.06. The molecule has 2 atom stereocenters. The van der Waals surface area contributed by atoms with Gasteiger partial charge in [-0.15, -0.1) is 0 Å². The maximum absolute atomic E-state index is 13.0. The second-order valence-corrected chi connectivity index (χ2v) is 5.65. The molecule has 2 N–H and O–H groups in total. The zero-order chi connectivity index (χ0) is 17.8. The monoisotopic (exact) mass is 340 g/mol. The van der Waals surface area contributed by atoms with Crippen LogP contribution < -0.4 is 5.32 Å². The summed E-state index contributed by atoms with van der Waals surface area (Å²) >= 11 is 0. The fourth-order valence-electron chi connectivity index (χ4n) is 2.45. The zero-order valence-corrected chi connectivity index (χ0v) is 13.5. The van der Waals surface area contributed by atoms with Gasteiger partial charge in [0.15, 0.2) is 0 Å². The zero-order valence-electron chi connectivity index (χ0n) is 13.5. The van der Waals surface area contributed by atoms with Crippen molar-refractivity contribution in [3.63, 3.8) is 0 Å². The van der Waals surface area contributed by atoms with Gasteiger partial charge in [0.25, 0.3) is 5.91 Å². The number of halogens is 1. The van der Waals surface area contributed by atoms with Crippen molar-refractivity contribution in [3.05, 3.63) is 78.1 Å². The predicted molar refractivity (Wildman–Crippen MR) is 89.6 cm³/mol. The molecule has 0 spiro atoms. The molecule has 7 heteroatoms. The first-order valence-corrected chi connectivity index (χ1v) is 7.74. The lowest BCUT2D eigenvalue weighted by atomic mass is 10.0. The van der Waals surface area contributed by atoms with Gasteiger partial charge in [-0.25, -0.2) is 14.1 Å². The predicted octanol–water partition coefficient (Wildman–Crippen LogP) is 2.26. The van der Waals surface area contributed by atoms with Crippen LogP contribution in [0.15, 0.2) is 61.2 Å². The van der Waals surface area contributed by atoms with Gasteiger partial charge in [-0.05, 0) is 42.8 Å². The van der Waals surface area contributed by atoms with Crippen molar-refractivity contribution in [2.45, 2.75) is 19.1 Å². The van der Waals surface area contributed by atoms with Gasteiger partial charge in [-0.1, -0.05) is 18.2 Å². The molecular formula is C18H17FN4O2. The first-order chi connectivity index (χ1) is 12.0. The first-order valence-electron chi connectivity index (χ1n) is 7.74. The maximum atomic E-state index is 13.0. The summed E-state index contributed by atoms with van der Waals surface area (Å²) in [6, 6.07) is 11.9. The Morgan fingerprint density at radius 1 is 1.24 bits per heavy atom. The van der Waals surface area contributed by atoms with Crippen molar-refractivity contribution in [3.8, 4) is 5.69 Å². The van der Waals surface area contributed by atoms with E-state index in [4.69, 9.17) is 0 Å². The van der Waals surface area contributed by atoms with Gasteiger partial charge >= 0.3 is 0 Å². The molecule has 2 unspecified atom stereocenters. The Morgan fingerprint density at radius 2 is 2.00 bits per heavy atom. The van der Waals surface area contributed by atoms with Crippen LogP contribution in [0.2, 0.25) is 0 Å². The van der Waals surface area contributed by atoms with E-state index in [0.29, 0.717) is 16.8 Å². The van der Waals surface area contributed by atoms with Crippen LogP contribution in [0, 0.1) is 5.82 Å². The number of hydrogen-bond acceptors (Lipinski definition) is 4. The minimum absolute atomic E-state index is 0.323. The highest BCUT2D eigenvalue weighted by molar-refractivity contribution is 5.94. The summed E-state index contributed by atoms with van der Waals surface area (Å²) < 4.78 is 14.5. The average Bonchev–Trinajstić information content (AvgIpc) is 3.16. The number of hydrogen-bond donors (Lipinski definition) is 2. The van der Waals surface area contributed by atoms with Crippen molar-refractivity contribution >= 4 is 5.91 Å². The standard InChI is InChI=1S/C18H17FN4O2/c1-12(17(24)13-5-7-15(19)8-6-13)22-18(25)14-3-2-4-16(9-14)23-11-20-10-21-23/h2-12,17,24H,1H3,(H,22,25). The lowest BCUT2D eigenvalue weighted by Gasteiger charge is -2.21. The lowest BCUT2D eigenvalue weighted by Crippen LogP contribution is -2.37. The van der Waals surface area contributed by atoms with E-state index in [1.807, 2.05) is 6.07 Å². The van der Waals surface area contributed by atoms with Gasteiger partial charge in [0.1, 0.15) is 18.5 Å². The molecule has 0 fully saturated rings. The fraction of sp³-hybridized carbons (Fsp3) is 0.167. The molecule has 3 aromatic rings. The van der Waals surface area contributed by atoms with Gasteiger partial charge in [0.05, 0.1) is 17.8 Å². The molecule has 25 heavy (non-hydrogen) atoms. The van der Waals surface area contributed by atoms with E-state index in [-0.39, 0.29) is 11.7 Å². The second-order valence-electron chi connectivity index (χ2n) is 5.65. The van der Waals surface area contributed by atoms with Crippen LogP contribution in [0.5, 0.6) is 0 Å². The Labute approximate surface area is 144 Å². The molecule has 0 radical (unpaired) electrons. The summed E-state index contributed by atoms with van der Waals surface area (Å²) in [5.41, 5.74) is 1.67. The summed E-state index contributed by atoms with van der Waals surface area (Å²) in [6.45, 7) is 1.69. The number of nitrogens with zero attached hydrogens (tertiary/aromatic N) is 3. The molecule has 1 amide bonds. The number of aliphatic hydroxyl groups excluding tert-OH is 1. The lowest BCUT2D eigenvalue weighted by molar-refractivity contribution is 0.0852. The summed E-state index contributed by atoms with van der Waals surface area (Å²) in [5, 5.41) is 17.1. The van der Waals surface area contributed by atoms with Crippen molar-refractivity contribution in [2.24, 2.45) is 0 Å². The third-order valence-corrected chi connectivity index (χ3v) is 3.84. The number of rotatable bonds is 5. The number of aliphatic hydroxyl groups is 1. The molecule has 3 rings (SSSR count). The fourth-order valence-corrected chi connectivity index (χ4v) is 2.45. The van der Waals surface area contributed by atoms with Crippen molar-refractivity contribution in [1.29, 1.82) is 0 Å². The van der Waals surface area contributed by atoms with Gasteiger partial charge in [-0.3, -0.25) is 4.79 Å². The third kappa shape index (κ3) is 3.89. The second kappa shape index (κ2) is 7.23. The Morgan fingerprint density at radius 3 is 2.68 bits per heavy atom. The molecular weight excluding hydrogens is 323 g/mol. The highest BCUT2D eigenvalue weighted by atomic mass is 19.1. The smallest absolute Gasteiger partial charge is 0.251 e. The van der Waals surface area contributed by atoms with E-state index in [1.54, 1.807) is 29.8 Å². The van der Waals surface area contributed by atoms with E-state index in [1.165, 1.54) is 36.9 Å². The van der Waals surface area contributed by atoms with Gasteiger partial charge < -0.3 is 10.4 Å². The molecule has 128 valence electrons. The molecule has 1 aromatic heterocycles. The quantitative estimate of drug-likeness (QED) is 0.747. The minimum Gasteiger partial charge on any atom is -0.386 e. The molecule has 0 bridgehead atoms. The molecule has 0 aliphatic heterocycles. The molecule has 1 heterocycles. The normalized spacial score (nSPS) is 13.2. The number of nitrogens with one attached hydrogen (secondary N) is 1. The number of benzene rings is 2. The van der Waals surface area contributed by atoms with E-state index in [2.05, 4.69) is 15.4 Å². The van der Waals surface area contributed by atoms with E-state index < -0.39 is 12.1 Å². The Balaban J connectivity index is 1.71. The van der Waals surface area contributed by atoms with Gasteiger partial charge in [0.2, 0.25) is 0 Å². The minimum atomic E-state index is -0.942. The van der Waals surface area contributed by atoms with Crippen LogP contribution in [0.4, 0.5) is 4.39 Å². The Bertz CT molecular complexity index is 850. The highest BCUT2D eigenvalue weighted by Gasteiger charge is 2.19. The molecule has 2 aromatic carbocycles. The topological polar surface area (TPSA) is 80.0 Å². The van der Waals surface area contributed by atoms with Crippen LogP contribution in [0.3, 0.4) is 0 Å². The number of carbonyl (C=O) groups excluding carboxylic acids is 1. The SMILES string of the molecule is CC(NC(=O)c1cccc(-n2cncn2)c1)C(O)c1ccc(F)cc1. The largest absolute Gasteiger partial charge is 0.386 e. The van der Waals surface area contributed by atoms with Crippen LogP contribution in [-0.2, 0) is 0 Å². The summed E-state index contributed by atoms with van der Waals surface area (Å²) in [5.74, 6) is -0.701. The van der Waals surface area contributed by atoms with Crippen LogP contribution in [-0.4, -0.2) is 31.8 Å². The highest BCUT2D eigenvalue weighted by Crippen LogP contribution is 2.18. The molecule has 0 aliphatic rings. The van der Waals surface area contributed by atoms with Crippen molar-refractivity contribution < 1.29 is 14.3 Å². The van der Waals surface area contributed by atoms with Crippen LogP contribution >= 0.6 is 0 Å². The van der Waals surface area contributed by atoms with E-state index in [9.17, 15) is 14.3 Å². The summed E-state index contributed by atoms with van der Waals surface area (Å²) in [4.78, 5) is 16.3. The van der Waals surface area contributed by atoms with Crippen LogP contribution in [0.25, 0.3) is 5.69 Å². The molecule has 6 nitrogen and oxygen atoms in total. The van der Waals surface area contributed by atoms with Crippen LogP contribution in [0.1, 0.15) is 28.9 Å². The maximum Gasteiger partial charge on any atom is 0.251 e. The third-order valence-electron chi connectivity index (χ3n) is 3.84. The van der Waals surface area contributed by atoms with Crippen molar-refractivity contribution in [1.82, 2.24) is 20.1 Å². The molecule has 0 aliphatic carbocycles. The number of amides is 1. The first kappa shape index (κ1) is 16.8. The summed E-state index contributed by atoms with van der Waals surface area (Å²) in [6.07, 6.45) is 2.01. The molecule has 0 saturated heterocycles. The number of carbonyl (C=O) groups is 1. The Kier molecular flexibility index (Phi) is 4.85. The summed E-state index contributed by atoms with van der Waals surface area (Å²) in [7, 11) is 0. The average molecular weight is 340 g/mol. The number of aromatic nitrogens is 3. The van der Waals surface area contributed by atoms with Crippen molar-refractivity contribution in [2.75, 3.05) is 0 Å².